The van der Waals surface area contributed by atoms with E-state index in [9.17, 15) is 4.79 Å². The average Bonchev–Trinajstić information content (AvgIpc) is 3.37. The fourth-order valence-corrected chi connectivity index (χ4v) is 4.98. The number of aryl methyl sites for hydroxylation is 1. The van der Waals surface area contributed by atoms with Gasteiger partial charge in [-0.25, -0.2) is 4.98 Å². The summed E-state index contributed by atoms with van der Waals surface area (Å²) < 4.78 is 13.7. The molecule has 1 atom stereocenters. The molecular weight excluding hydrogens is 424 g/mol. The minimum Gasteiger partial charge on any atom is -0.497 e. The second-order valence-corrected chi connectivity index (χ2v) is 8.57. The highest BCUT2D eigenvalue weighted by Gasteiger charge is 2.33. The van der Waals surface area contributed by atoms with Crippen LogP contribution >= 0.6 is 11.3 Å². The fraction of sp³-hybridized carbons (Fsp3) is 0.208. The average molecular weight is 447 g/mol. The molecule has 8 heteroatoms. The SMILES string of the molecule is C=CCOc1ccc([C@H]2CC(=O)Nc3c2c(C)nn3-c2nc3ccc(OC)cc3s2)cc1. The maximum atomic E-state index is 12.6. The number of methoxy groups -OCH3 is 1. The van der Waals surface area contributed by atoms with Crippen LogP contribution in [-0.2, 0) is 4.79 Å². The van der Waals surface area contributed by atoms with Crippen molar-refractivity contribution >= 4 is 33.3 Å². The largest absolute Gasteiger partial charge is 0.497 e. The number of benzene rings is 2. The van der Waals surface area contributed by atoms with E-state index in [2.05, 4.69) is 11.9 Å². The van der Waals surface area contributed by atoms with Gasteiger partial charge in [-0.2, -0.15) is 9.78 Å². The van der Waals surface area contributed by atoms with E-state index >= 15 is 0 Å². The van der Waals surface area contributed by atoms with Gasteiger partial charge in [0.25, 0.3) is 0 Å². The Labute approximate surface area is 189 Å². The summed E-state index contributed by atoms with van der Waals surface area (Å²) in [5, 5.41) is 8.47. The normalized spacial score (nSPS) is 15.3. The predicted molar refractivity (Wildman–Crippen MR) is 125 cm³/mol. The third-order valence-corrected chi connectivity index (χ3v) is 6.51. The van der Waals surface area contributed by atoms with Crippen molar-refractivity contribution < 1.29 is 14.3 Å². The van der Waals surface area contributed by atoms with E-state index < -0.39 is 0 Å². The van der Waals surface area contributed by atoms with E-state index in [-0.39, 0.29) is 11.8 Å². The van der Waals surface area contributed by atoms with Crippen molar-refractivity contribution in [1.29, 1.82) is 0 Å². The first-order chi connectivity index (χ1) is 15.6. The van der Waals surface area contributed by atoms with Gasteiger partial charge < -0.3 is 14.8 Å². The van der Waals surface area contributed by atoms with Crippen LogP contribution in [0.25, 0.3) is 15.3 Å². The third-order valence-electron chi connectivity index (χ3n) is 5.52. The zero-order valence-electron chi connectivity index (χ0n) is 17.8. The molecule has 0 saturated heterocycles. The van der Waals surface area contributed by atoms with Gasteiger partial charge in [0.1, 0.15) is 23.9 Å². The third kappa shape index (κ3) is 3.52. The van der Waals surface area contributed by atoms with E-state index in [0.29, 0.717) is 24.0 Å². The van der Waals surface area contributed by atoms with Crippen LogP contribution < -0.4 is 14.8 Å². The fourth-order valence-electron chi connectivity index (χ4n) is 4.03. The zero-order chi connectivity index (χ0) is 22.2. The molecule has 0 fully saturated rings. The second kappa shape index (κ2) is 8.12. The molecule has 0 unspecified atom stereocenters. The maximum Gasteiger partial charge on any atom is 0.226 e. The van der Waals surface area contributed by atoms with Gasteiger partial charge in [-0.15, -0.1) is 0 Å². The van der Waals surface area contributed by atoms with Crippen molar-refractivity contribution in [3.8, 4) is 16.6 Å². The maximum absolute atomic E-state index is 12.6. The van der Waals surface area contributed by atoms with Gasteiger partial charge >= 0.3 is 0 Å². The van der Waals surface area contributed by atoms with Crippen molar-refractivity contribution in [3.63, 3.8) is 0 Å². The Morgan fingerprint density at radius 2 is 2.03 bits per heavy atom. The Kier molecular flexibility index (Phi) is 5.14. The summed E-state index contributed by atoms with van der Waals surface area (Å²) >= 11 is 1.51. The topological polar surface area (TPSA) is 78.3 Å². The van der Waals surface area contributed by atoms with Gasteiger partial charge in [0.2, 0.25) is 11.0 Å². The summed E-state index contributed by atoms with van der Waals surface area (Å²) in [6, 6.07) is 13.6. The van der Waals surface area contributed by atoms with Gasteiger partial charge in [-0.05, 0) is 42.8 Å². The molecule has 0 radical (unpaired) electrons. The smallest absolute Gasteiger partial charge is 0.226 e. The lowest BCUT2D eigenvalue weighted by molar-refractivity contribution is -0.116. The zero-order valence-corrected chi connectivity index (χ0v) is 18.6. The van der Waals surface area contributed by atoms with E-state index in [4.69, 9.17) is 19.6 Å². The molecule has 0 saturated carbocycles. The molecule has 1 aliphatic heterocycles. The molecule has 5 rings (SSSR count). The molecule has 0 spiro atoms. The Balaban J connectivity index is 1.55. The molecule has 1 aliphatic rings. The number of thiazole rings is 1. The molecule has 0 aliphatic carbocycles. The number of carbonyl (C=O) groups is 1. The lowest BCUT2D eigenvalue weighted by Crippen LogP contribution is -2.24. The van der Waals surface area contributed by atoms with Gasteiger partial charge in [0, 0.05) is 17.9 Å². The van der Waals surface area contributed by atoms with Crippen LogP contribution in [0.3, 0.4) is 0 Å². The molecule has 7 nitrogen and oxygen atoms in total. The molecule has 162 valence electrons. The van der Waals surface area contributed by atoms with Crippen LogP contribution in [0, 0.1) is 6.92 Å². The molecule has 1 N–H and O–H groups in total. The Hall–Kier alpha value is -3.65. The van der Waals surface area contributed by atoms with E-state index in [1.165, 1.54) is 11.3 Å². The summed E-state index contributed by atoms with van der Waals surface area (Å²) in [5.41, 5.74) is 3.79. The quantitative estimate of drug-likeness (QED) is 0.429. The van der Waals surface area contributed by atoms with Crippen LogP contribution in [0.4, 0.5) is 5.82 Å². The Bertz CT molecular complexity index is 1320. The molecule has 2 aromatic heterocycles. The number of nitrogens with one attached hydrogen (secondary N) is 1. The number of fused-ring (bicyclic) bond motifs is 2. The van der Waals surface area contributed by atoms with Gasteiger partial charge in [-0.3, -0.25) is 4.79 Å². The van der Waals surface area contributed by atoms with Crippen molar-refractivity contribution in [3.05, 3.63) is 71.9 Å². The van der Waals surface area contributed by atoms with E-state index in [1.54, 1.807) is 17.9 Å². The van der Waals surface area contributed by atoms with Crippen molar-refractivity contribution in [1.82, 2.24) is 14.8 Å². The highest BCUT2D eigenvalue weighted by atomic mass is 32.1. The van der Waals surface area contributed by atoms with Crippen LogP contribution in [-0.4, -0.2) is 34.4 Å². The molecule has 0 bridgehead atoms. The first-order valence-electron chi connectivity index (χ1n) is 10.3. The molecule has 2 aromatic carbocycles. The highest BCUT2D eigenvalue weighted by Crippen LogP contribution is 2.41. The second-order valence-electron chi connectivity index (χ2n) is 7.56. The highest BCUT2D eigenvalue weighted by molar-refractivity contribution is 7.20. The van der Waals surface area contributed by atoms with Gasteiger partial charge in [-0.1, -0.05) is 36.1 Å². The van der Waals surface area contributed by atoms with Crippen LogP contribution in [0.1, 0.15) is 29.2 Å². The number of rotatable bonds is 6. The van der Waals surface area contributed by atoms with Crippen molar-refractivity contribution in [2.75, 3.05) is 19.0 Å². The van der Waals surface area contributed by atoms with Gasteiger partial charge in [0.15, 0.2) is 0 Å². The number of amides is 1. The van der Waals surface area contributed by atoms with Gasteiger partial charge in [0.05, 0.1) is 23.0 Å². The summed E-state index contributed by atoms with van der Waals surface area (Å²) in [5.74, 6) is 2.10. The summed E-state index contributed by atoms with van der Waals surface area (Å²) in [7, 11) is 1.64. The Morgan fingerprint density at radius 1 is 1.25 bits per heavy atom. The van der Waals surface area contributed by atoms with E-state index in [1.807, 2.05) is 49.4 Å². The lowest BCUT2D eigenvalue weighted by atomic mass is 9.86. The molecule has 1 amide bonds. The summed E-state index contributed by atoms with van der Waals surface area (Å²) in [4.78, 5) is 17.4. The minimum atomic E-state index is -0.0876. The first kappa shape index (κ1) is 20.3. The predicted octanol–water partition coefficient (Wildman–Crippen LogP) is 4.84. The van der Waals surface area contributed by atoms with Crippen LogP contribution in [0.5, 0.6) is 11.5 Å². The molecule has 4 aromatic rings. The first-order valence-corrected chi connectivity index (χ1v) is 11.1. The molecular formula is C24H22N4O3S. The van der Waals surface area contributed by atoms with Crippen molar-refractivity contribution in [2.45, 2.75) is 19.3 Å². The number of aromatic nitrogens is 3. The standard InChI is InChI=1S/C24H22N4O3S/c1-4-11-31-16-7-5-15(6-8-16)18-13-21(29)26-23-22(18)14(2)27-28(23)24-25-19-10-9-17(30-3)12-20(19)32-24/h4-10,12,18H,1,11,13H2,2-3H3,(H,26,29)/t18-/m1/s1. The number of anilines is 1. The van der Waals surface area contributed by atoms with Crippen molar-refractivity contribution in [2.24, 2.45) is 0 Å². The number of hydrogen-bond donors (Lipinski definition) is 1. The number of carbonyl (C=O) groups excluding carboxylic acids is 1. The number of nitrogens with zero attached hydrogens (tertiary/aromatic N) is 3. The lowest BCUT2D eigenvalue weighted by Gasteiger charge is -2.24. The number of ether oxygens (including phenoxy) is 2. The summed E-state index contributed by atoms with van der Waals surface area (Å²) in [6.45, 7) is 6.09. The van der Waals surface area contributed by atoms with E-state index in [0.717, 1.165) is 38.5 Å². The summed E-state index contributed by atoms with van der Waals surface area (Å²) in [6.07, 6.45) is 2.07. The Morgan fingerprint density at radius 3 is 2.78 bits per heavy atom. The monoisotopic (exact) mass is 446 g/mol. The molecule has 32 heavy (non-hydrogen) atoms. The molecule has 3 heterocycles. The van der Waals surface area contributed by atoms with Crippen LogP contribution in [0.2, 0.25) is 0 Å². The van der Waals surface area contributed by atoms with Crippen LogP contribution in [0.15, 0.2) is 55.1 Å². The number of hydrogen-bond acceptors (Lipinski definition) is 6. The minimum absolute atomic E-state index is 0.0431.